The maximum atomic E-state index is 8.39. The van der Waals surface area contributed by atoms with Gasteiger partial charge in [0.2, 0.25) is 0 Å². The van der Waals surface area contributed by atoms with Crippen molar-refractivity contribution in [3.8, 4) is 0 Å². The van der Waals surface area contributed by atoms with E-state index in [0.717, 1.165) is 11.0 Å². The zero-order valence-corrected chi connectivity index (χ0v) is 13.1. The van der Waals surface area contributed by atoms with Gasteiger partial charge in [-0.1, -0.05) is 0 Å². The molecule has 0 spiro atoms. The Kier molecular flexibility index (Phi) is 8.25. The number of aliphatic hydroxyl groups is 1. The summed E-state index contributed by atoms with van der Waals surface area (Å²) in [4.78, 5) is 0. The molecule has 0 aliphatic rings. The Bertz CT molecular complexity index is 181. The highest BCUT2D eigenvalue weighted by Crippen LogP contribution is 2.27. The topological polar surface area (TPSA) is 38.7 Å². The SMILES string of the molecule is COC(C)(C)C(C)(C)OC.C[N+](C)(C)CCO. The van der Waals surface area contributed by atoms with Crippen LogP contribution in [0.2, 0.25) is 0 Å². The van der Waals surface area contributed by atoms with E-state index in [4.69, 9.17) is 14.6 Å². The van der Waals surface area contributed by atoms with E-state index < -0.39 is 0 Å². The number of likely N-dealkylation sites (N-methyl/N-ethyl adjacent to an activating group) is 1. The first kappa shape index (κ1) is 19.2. The van der Waals surface area contributed by atoms with Crippen LogP contribution in [-0.2, 0) is 9.47 Å². The van der Waals surface area contributed by atoms with Crippen molar-refractivity contribution in [2.24, 2.45) is 0 Å². The molecule has 0 saturated carbocycles. The molecule has 0 aliphatic heterocycles. The number of nitrogens with zero attached hydrogens (tertiary/aromatic N) is 1. The quantitative estimate of drug-likeness (QED) is 0.752. The lowest BCUT2D eigenvalue weighted by molar-refractivity contribution is -0.870. The summed E-state index contributed by atoms with van der Waals surface area (Å²) in [5.74, 6) is 0. The summed E-state index contributed by atoms with van der Waals surface area (Å²) >= 11 is 0. The number of rotatable bonds is 5. The minimum absolute atomic E-state index is 0.234. The molecule has 0 aromatic rings. The molecule has 0 unspecified atom stereocenters. The molecule has 4 nitrogen and oxygen atoms in total. The van der Waals surface area contributed by atoms with Gasteiger partial charge in [-0.25, -0.2) is 0 Å². The minimum atomic E-state index is -0.234. The zero-order chi connectivity index (χ0) is 14.3. The molecular formula is C13H32NO3+. The monoisotopic (exact) mass is 250 g/mol. The highest BCUT2D eigenvalue weighted by atomic mass is 16.5. The van der Waals surface area contributed by atoms with Crippen molar-refractivity contribution in [1.82, 2.24) is 0 Å². The third kappa shape index (κ3) is 8.55. The van der Waals surface area contributed by atoms with Gasteiger partial charge in [-0.3, -0.25) is 0 Å². The summed E-state index contributed by atoms with van der Waals surface area (Å²) in [6, 6.07) is 0. The summed E-state index contributed by atoms with van der Waals surface area (Å²) in [6.07, 6.45) is 0. The van der Waals surface area contributed by atoms with Crippen molar-refractivity contribution in [2.45, 2.75) is 38.9 Å². The smallest absolute Gasteiger partial charge is 0.101 e. The maximum Gasteiger partial charge on any atom is 0.101 e. The van der Waals surface area contributed by atoms with Gasteiger partial charge in [-0.2, -0.15) is 0 Å². The van der Waals surface area contributed by atoms with Crippen molar-refractivity contribution >= 4 is 0 Å². The van der Waals surface area contributed by atoms with Crippen LogP contribution < -0.4 is 0 Å². The summed E-state index contributed by atoms with van der Waals surface area (Å²) in [5, 5.41) is 8.39. The molecule has 0 bridgehead atoms. The highest BCUT2D eigenvalue weighted by Gasteiger charge is 2.36. The fourth-order valence-corrected chi connectivity index (χ4v) is 0.792. The van der Waals surface area contributed by atoms with Gasteiger partial charge in [0.1, 0.15) is 6.54 Å². The number of ether oxygens (including phenoxy) is 2. The molecular weight excluding hydrogens is 218 g/mol. The summed E-state index contributed by atoms with van der Waals surface area (Å²) < 4.78 is 11.4. The van der Waals surface area contributed by atoms with E-state index in [1.54, 1.807) is 14.2 Å². The van der Waals surface area contributed by atoms with Crippen LogP contribution in [-0.4, -0.2) is 69.3 Å². The Morgan fingerprint density at radius 3 is 1.24 bits per heavy atom. The van der Waals surface area contributed by atoms with Gasteiger partial charge in [0.25, 0.3) is 0 Å². The second kappa shape index (κ2) is 7.31. The van der Waals surface area contributed by atoms with E-state index in [1.807, 2.05) is 27.7 Å². The third-order valence-electron chi connectivity index (χ3n) is 3.24. The Morgan fingerprint density at radius 1 is 0.882 bits per heavy atom. The fraction of sp³-hybridized carbons (Fsp3) is 1.00. The number of quaternary nitrogens is 1. The lowest BCUT2D eigenvalue weighted by Crippen LogP contribution is -2.48. The second-order valence-electron chi connectivity index (χ2n) is 6.17. The van der Waals surface area contributed by atoms with Crippen molar-refractivity contribution in [3.63, 3.8) is 0 Å². The number of aliphatic hydroxyl groups excluding tert-OH is 1. The molecule has 0 radical (unpaired) electrons. The Hall–Kier alpha value is -0.160. The van der Waals surface area contributed by atoms with Gasteiger partial charge in [0.05, 0.1) is 39.0 Å². The van der Waals surface area contributed by atoms with Crippen LogP contribution in [0.25, 0.3) is 0 Å². The van der Waals surface area contributed by atoms with Crippen LogP contribution in [0.15, 0.2) is 0 Å². The van der Waals surface area contributed by atoms with E-state index in [0.29, 0.717) is 0 Å². The molecule has 4 heteroatoms. The van der Waals surface area contributed by atoms with Crippen molar-refractivity contribution in [1.29, 1.82) is 0 Å². The van der Waals surface area contributed by atoms with Gasteiger partial charge in [0.15, 0.2) is 0 Å². The fourth-order valence-electron chi connectivity index (χ4n) is 0.792. The van der Waals surface area contributed by atoms with E-state index in [-0.39, 0.29) is 17.8 Å². The largest absolute Gasteiger partial charge is 0.391 e. The van der Waals surface area contributed by atoms with E-state index in [9.17, 15) is 0 Å². The van der Waals surface area contributed by atoms with Crippen LogP contribution in [0.3, 0.4) is 0 Å². The molecule has 0 heterocycles. The Labute approximate surface area is 107 Å². The van der Waals surface area contributed by atoms with Gasteiger partial charge in [0, 0.05) is 14.2 Å². The maximum absolute atomic E-state index is 8.39. The standard InChI is InChI=1S/C8H18O2.C5H14NO/c1-7(2,9-5)8(3,4)10-6;1-6(2,3)4-5-7/h1-6H3;7H,4-5H2,1-3H3/q;+1. The minimum Gasteiger partial charge on any atom is -0.391 e. The second-order valence-corrected chi connectivity index (χ2v) is 6.17. The Balaban J connectivity index is 0. The Morgan fingerprint density at radius 2 is 1.18 bits per heavy atom. The molecule has 0 aromatic carbocycles. The van der Waals surface area contributed by atoms with Crippen LogP contribution >= 0.6 is 0 Å². The molecule has 0 saturated heterocycles. The van der Waals surface area contributed by atoms with Crippen molar-refractivity contribution in [2.75, 3.05) is 48.5 Å². The molecule has 0 amide bonds. The molecule has 0 atom stereocenters. The molecule has 0 rings (SSSR count). The third-order valence-corrected chi connectivity index (χ3v) is 3.24. The van der Waals surface area contributed by atoms with Crippen molar-refractivity contribution < 1.29 is 19.1 Å². The number of methoxy groups -OCH3 is 2. The van der Waals surface area contributed by atoms with Crippen LogP contribution in [0.5, 0.6) is 0 Å². The predicted octanol–water partition coefficient (Wildman–Crippen LogP) is 1.52. The van der Waals surface area contributed by atoms with E-state index >= 15 is 0 Å². The van der Waals surface area contributed by atoms with Crippen LogP contribution in [0.4, 0.5) is 0 Å². The van der Waals surface area contributed by atoms with Crippen LogP contribution in [0, 0.1) is 0 Å². The molecule has 1 N–H and O–H groups in total. The zero-order valence-electron chi connectivity index (χ0n) is 13.1. The van der Waals surface area contributed by atoms with Crippen molar-refractivity contribution in [3.05, 3.63) is 0 Å². The van der Waals surface area contributed by atoms with Gasteiger partial charge in [-0.05, 0) is 27.7 Å². The first-order valence-corrected chi connectivity index (χ1v) is 5.95. The average molecular weight is 250 g/mol. The molecule has 17 heavy (non-hydrogen) atoms. The van der Waals surface area contributed by atoms with E-state index in [1.165, 1.54) is 0 Å². The predicted molar refractivity (Wildman–Crippen MR) is 72.2 cm³/mol. The normalized spacial score (nSPS) is 13.1. The number of hydrogen-bond acceptors (Lipinski definition) is 3. The first-order valence-electron chi connectivity index (χ1n) is 5.95. The van der Waals surface area contributed by atoms with Crippen LogP contribution in [0.1, 0.15) is 27.7 Å². The van der Waals surface area contributed by atoms with Gasteiger partial charge >= 0.3 is 0 Å². The lowest BCUT2D eigenvalue weighted by Gasteiger charge is -2.38. The van der Waals surface area contributed by atoms with Gasteiger partial charge < -0.3 is 19.1 Å². The number of hydrogen-bond donors (Lipinski definition) is 1. The summed E-state index contributed by atoms with van der Waals surface area (Å²) in [5.41, 5.74) is -0.469. The van der Waals surface area contributed by atoms with Gasteiger partial charge in [-0.15, -0.1) is 0 Å². The lowest BCUT2D eigenvalue weighted by atomic mass is 9.89. The molecule has 0 aliphatic carbocycles. The van der Waals surface area contributed by atoms with E-state index in [2.05, 4.69) is 21.1 Å². The first-order chi connectivity index (χ1) is 7.43. The average Bonchev–Trinajstić information content (AvgIpc) is 2.16. The highest BCUT2D eigenvalue weighted by molar-refractivity contribution is 4.88. The molecule has 0 fully saturated rings. The molecule has 0 aromatic heterocycles. The molecule has 106 valence electrons. The summed E-state index contributed by atoms with van der Waals surface area (Å²) in [6.45, 7) is 9.16. The summed E-state index contributed by atoms with van der Waals surface area (Å²) in [7, 11) is 9.55.